The highest BCUT2D eigenvalue weighted by atomic mass is 16.3. The molecule has 240 valence electrons. The van der Waals surface area contributed by atoms with E-state index in [0.717, 1.165) is 47.2 Å². The SMILES string of the molecule is C.C.C=Cc1ccc(N=CC2=C(N)CC(CO)C(C)(C3CCC4(C)C(C)CCC4C3)C2)cc1.CN.Cc1ccc(C)cc1. The molecule has 5 rings (SSSR count). The van der Waals surface area contributed by atoms with Crippen molar-refractivity contribution >= 4 is 18.0 Å². The molecule has 3 aliphatic rings. The van der Waals surface area contributed by atoms with Crippen LogP contribution in [0.25, 0.3) is 6.08 Å². The van der Waals surface area contributed by atoms with Crippen molar-refractivity contribution in [3.8, 4) is 0 Å². The summed E-state index contributed by atoms with van der Waals surface area (Å²) in [5, 5.41) is 10.3. The first-order valence-electron chi connectivity index (χ1n) is 15.5. The zero-order chi connectivity index (χ0) is 30.2. The van der Waals surface area contributed by atoms with E-state index in [1.165, 1.54) is 50.3 Å². The van der Waals surface area contributed by atoms with Crippen LogP contribution in [0.5, 0.6) is 0 Å². The number of hydrogen-bond acceptors (Lipinski definition) is 4. The number of aliphatic imine (C=N–C) groups is 1. The fourth-order valence-corrected chi connectivity index (χ4v) is 7.56. The molecule has 0 heterocycles. The molecule has 5 N–H and O–H groups in total. The van der Waals surface area contributed by atoms with Crippen LogP contribution in [0.2, 0.25) is 0 Å². The van der Waals surface area contributed by atoms with Crippen molar-refractivity contribution in [2.75, 3.05) is 13.7 Å². The first kappa shape index (κ1) is 38.3. The molecule has 3 aliphatic carbocycles. The lowest BCUT2D eigenvalue weighted by atomic mass is 9.52. The first-order chi connectivity index (χ1) is 19.6. The van der Waals surface area contributed by atoms with Gasteiger partial charge >= 0.3 is 0 Å². The molecule has 2 aromatic rings. The molecule has 43 heavy (non-hydrogen) atoms. The zero-order valence-corrected chi connectivity index (χ0v) is 26.5. The Balaban J connectivity index is 0.000000664. The summed E-state index contributed by atoms with van der Waals surface area (Å²) < 4.78 is 0. The van der Waals surface area contributed by atoms with Crippen LogP contribution in [0.1, 0.15) is 97.3 Å². The second kappa shape index (κ2) is 17.0. The van der Waals surface area contributed by atoms with Crippen molar-refractivity contribution in [2.24, 2.45) is 51.0 Å². The summed E-state index contributed by atoms with van der Waals surface area (Å²) in [4.78, 5) is 4.73. The number of benzene rings is 2. The van der Waals surface area contributed by atoms with Gasteiger partial charge in [-0.1, -0.05) is 95.8 Å². The van der Waals surface area contributed by atoms with Crippen molar-refractivity contribution in [1.82, 2.24) is 0 Å². The van der Waals surface area contributed by atoms with E-state index in [-0.39, 0.29) is 32.8 Å². The van der Waals surface area contributed by atoms with Gasteiger partial charge in [0.05, 0.1) is 5.69 Å². The maximum absolute atomic E-state index is 10.3. The van der Waals surface area contributed by atoms with E-state index in [9.17, 15) is 5.11 Å². The quantitative estimate of drug-likeness (QED) is 0.304. The summed E-state index contributed by atoms with van der Waals surface area (Å²) in [5.41, 5.74) is 18.3. The lowest BCUT2D eigenvalue weighted by Gasteiger charge is -2.52. The van der Waals surface area contributed by atoms with Gasteiger partial charge in [0.1, 0.15) is 0 Å². The van der Waals surface area contributed by atoms with Crippen LogP contribution in [0, 0.1) is 48.3 Å². The topological polar surface area (TPSA) is 84.6 Å². The third-order valence-corrected chi connectivity index (χ3v) is 10.9. The summed E-state index contributed by atoms with van der Waals surface area (Å²) >= 11 is 0. The molecule has 0 saturated heterocycles. The van der Waals surface area contributed by atoms with Crippen molar-refractivity contribution < 1.29 is 5.11 Å². The highest BCUT2D eigenvalue weighted by molar-refractivity contribution is 5.82. The minimum atomic E-state index is 0. The molecule has 0 amide bonds. The van der Waals surface area contributed by atoms with E-state index in [4.69, 9.17) is 10.7 Å². The number of aryl methyl sites for hydroxylation is 2. The highest BCUT2D eigenvalue weighted by Crippen LogP contribution is 2.61. The Morgan fingerprint density at radius 3 is 2.00 bits per heavy atom. The minimum absolute atomic E-state index is 0. The molecule has 0 radical (unpaired) electrons. The van der Waals surface area contributed by atoms with Crippen LogP contribution < -0.4 is 11.5 Å². The smallest absolute Gasteiger partial charge is 0.0630 e. The van der Waals surface area contributed by atoms with Crippen LogP contribution in [0.3, 0.4) is 0 Å². The van der Waals surface area contributed by atoms with Gasteiger partial charge in [0.15, 0.2) is 0 Å². The van der Waals surface area contributed by atoms with E-state index in [2.05, 4.69) is 71.2 Å². The van der Waals surface area contributed by atoms with Crippen LogP contribution in [0.4, 0.5) is 5.69 Å². The molecule has 0 bridgehead atoms. The van der Waals surface area contributed by atoms with Gasteiger partial charge in [0, 0.05) is 18.5 Å². The van der Waals surface area contributed by atoms with Gasteiger partial charge in [-0.3, -0.25) is 4.99 Å². The van der Waals surface area contributed by atoms with E-state index in [1.54, 1.807) is 0 Å². The third kappa shape index (κ3) is 8.92. The molecule has 0 aliphatic heterocycles. The second-order valence-corrected chi connectivity index (χ2v) is 13.2. The lowest BCUT2D eigenvalue weighted by Crippen LogP contribution is -2.46. The van der Waals surface area contributed by atoms with Crippen LogP contribution in [0.15, 0.2) is 71.4 Å². The molecule has 6 unspecified atom stereocenters. The maximum Gasteiger partial charge on any atom is 0.0630 e. The molecule has 2 fully saturated rings. The Morgan fingerprint density at radius 1 is 0.907 bits per heavy atom. The Bertz CT molecular complexity index is 1160. The number of nitrogens with two attached hydrogens (primary N) is 2. The molecular formula is C39H63N3O. The van der Waals surface area contributed by atoms with E-state index >= 15 is 0 Å². The summed E-state index contributed by atoms with van der Waals surface area (Å²) in [6.07, 6.45) is 12.2. The number of aliphatic hydroxyl groups excluding tert-OH is 1. The molecule has 2 saturated carbocycles. The normalized spacial score (nSPS) is 29.6. The van der Waals surface area contributed by atoms with Gasteiger partial charge in [-0.05, 0) is 124 Å². The molecule has 0 aromatic heterocycles. The van der Waals surface area contributed by atoms with E-state index in [0.29, 0.717) is 11.3 Å². The Labute approximate surface area is 264 Å². The summed E-state index contributed by atoms with van der Waals surface area (Å²) in [6, 6.07) is 16.6. The number of allylic oxidation sites excluding steroid dienone is 2. The van der Waals surface area contributed by atoms with Crippen molar-refractivity contribution in [3.05, 3.63) is 83.1 Å². The summed E-state index contributed by atoms with van der Waals surface area (Å²) in [6.45, 7) is 15.6. The number of rotatable bonds is 5. The molecule has 4 heteroatoms. The highest BCUT2D eigenvalue weighted by Gasteiger charge is 2.53. The number of nitrogens with zero attached hydrogens (tertiary/aromatic N) is 1. The Morgan fingerprint density at radius 2 is 1.47 bits per heavy atom. The predicted octanol–water partition coefficient (Wildman–Crippen LogP) is 9.66. The van der Waals surface area contributed by atoms with Crippen molar-refractivity contribution in [1.29, 1.82) is 0 Å². The largest absolute Gasteiger partial charge is 0.402 e. The standard InChI is InChI=1S/C28H40N2O.C8H10.CH5N.2CH4/c1-5-20-7-10-25(11-8-20)30-17-21-16-28(4,24(18-31)15-26(21)29)23-12-13-27(3)19(2)6-9-22(27)14-23;1-7-3-5-8(2)6-4-7;1-2;;/h5,7-8,10-11,17,19,22-24,31H,1,6,9,12-16,18,29H2,2-4H3;3-6H,1-2H3;2H2,1H3;2*1H4. The van der Waals surface area contributed by atoms with E-state index in [1.807, 2.05) is 36.6 Å². The molecule has 6 atom stereocenters. The van der Waals surface area contributed by atoms with Crippen LogP contribution in [-0.2, 0) is 0 Å². The Hall–Kier alpha value is -2.69. The molecule has 0 spiro atoms. The number of fused-ring (bicyclic) bond motifs is 1. The average molecular weight is 590 g/mol. The van der Waals surface area contributed by atoms with Gasteiger partial charge in [-0.25, -0.2) is 0 Å². The summed E-state index contributed by atoms with van der Waals surface area (Å²) in [7, 11) is 1.50. The van der Waals surface area contributed by atoms with Crippen molar-refractivity contribution in [2.45, 2.75) is 94.4 Å². The second-order valence-electron chi connectivity index (χ2n) is 13.2. The fraction of sp³-hybridized carbons (Fsp3) is 0.564. The van der Waals surface area contributed by atoms with Gasteiger partial charge in [0.2, 0.25) is 0 Å². The molecule has 4 nitrogen and oxygen atoms in total. The maximum atomic E-state index is 10.3. The van der Waals surface area contributed by atoms with Gasteiger partial charge < -0.3 is 16.6 Å². The lowest BCUT2D eigenvalue weighted by molar-refractivity contribution is -0.0264. The van der Waals surface area contributed by atoms with E-state index < -0.39 is 0 Å². The number of aliphatic hydroxyl groups is 1. The van der Waals surface area contributed by atoms with Crippen LogP contribution in [-0.4, -0.2) is 25.0 Å². The Kier molecular flexibility index (Phi) is 15.1. The monoisotopic (exact) mass is 589 g/mol. The van der Waals surface area contributed by atoms with Crippen molar-refractivity contribution in [3.63, 3.8) is 0 Å². The average Bonchev–Trinajstić information content (AvgIpc) is 3.29. The van der Waals surface area contributed by atoms with Gasteiger partial charge in [0.25, 0.3) is 0 Å². The molecular weight excluding hydrogens is 526 g/mol. The van der Waals surface area contributed by atoms with Crippen LogP contribution >= 0.6 is 0 Å². The summed E-state index contributed by atoms with van der Waals surface area (Å²) in [5.74, 6) is 2.57. The third-order valence-electron chi connectivity index (χ3n) is 10.9. The first-order valence-corrected chi connectivity index (χ1v) is 15.5. The minimum Gasteiger partial charge on any atom is -0.402 e. The molecule has 2 aromatic carbocycles. The van der Waals surface area contributed by atoms with Gasteiger partial charge in [-0.15, -0.1) is 0 Å². The zero-order valence-electron chi connectivity index (χ0n) is 26.5. The fourth-order valence-electron chi connectivity index (χ4n) is 7.56. The van der Waals surface area contributed by atoms with Gasteiger partial charge in [-0.2, -0.15) is 0 Å². The predicted molar refractivity (Wildman–Crippen MR) is 191 cm³/mol. The number of hydrogen-bond donors (Lipinski definition) is 3.